The molecule has 1 amide bonds. The molecule has 3 aliphatic rings. The van der Waals surface area contributed by atoms with Gasteiger partial charge in [-0.05, 0) is 49.4 Å². The number of hydrogen-bond acceptors (Lipinski definition) is 1. The van der Waals surface area contributed by atoms with E-state index in [2.05, 4.69) is 22.9 Å². The molecule has 5 unspecified atom stereocenters. The zero-order chi connectivity index (χ0) is 12.2. The number of fused-ring (bicyclic) bond motifs is 5. The van der Waals surface area contributed by atoms with Crippen LogP contribution in [0.15, 0.2) is 0 Å². The predicted octanol–water partition coefficient (Wildman–Crippen LogP) is 2.91. The average molecular weight is 300 g/mol. The van der Waals surface area contributed by atoms with Crippen LogP contribution in [0.25, 0.3) is 0 Å². The third kappa shape index (κ3) is 1.94. The lowest BCUT2D eigenvalue weighted by atomic mass is 10.0. The summed E-state index contributed by atoms with van der Waals surface area (Å²) in [6.45, 7) is 3.04. The van der Waals surface area contributed by atoms with E-state index in [1.807, 2.05) is 11.9 Å². The lowest BCUT2D eigenvalue weighted by molar-refractivity contribution is -0.132. The molecule has 5 atom stereocenters. The molecule has 0 aromatic heterocycles. The standard InChI is InChI=1S/C14H22BrNO/c1-8(15)5-6-16(2)14(17)13-11-9-3-4-10(7-9)12(11)13/h8-13H,3-7H2,1-2H3. The van der Waals surface area contributed by atoms with Crippen LogP contribution >= 0.6 is 15.9 Å². The maximum absolute atomic E-state index is 12.4. The van der Waals surface area contributed by atoms with Gasteiger partial charge in [-0.2, -0.15) is 0 Å². The van der Waals surface area contributed by atoms with Gasteiger partial charge in [0.05, 0.1) is 0 Å². The second-order valence-electron chi connectivity index (χ2n) is 6.34. The number of nitrogens with zero attached hydrogens (tertiary/aromatic N) is 1. The topological polar surface area (TPSA) is 20.3 Å². The minimum Gasteiger partial charge on any atom is -0.345 e. The van der Waals surface area contributed by atoms with E-state index in [1.54, 1.807) is 0 Å². The Morgan fingerprint density at radius 1 is 1.35 bits per heavy atom. The Morgan fingerprint density at radius 3 is 2.47 bits per heavy atom. The molecule has 3 rings (SSSR count). The highest BCUT2D eigenvalue weighted by atomic mass is 79.9. The van der Waals surface area contributed by atoms with Crippen molar-refractivity contribution < 1.29 is 4.79 Å². The maximum atomic E-state index is 12.4. The SMILES string of the molecule is CC(Br)CCN(C)C(=O)C1C2C3CCC(C3)C12. The summed E-state index contributed by atoms with van der Waals surface area (Å²) < 4.78 is 0. The van der Waals surface area contributed by atoms with Crippen molar-refractivity contribution in [2.24, 2.45) is 29.6 Å². The molecular weight excluding hydrogens is 278 g/mol. The Morgan fingerprint density at radius 2 is 1.94 bits per heavy atom. The van der Waals surface area contributed by atoms with Crippen molar-refractivity contribution in [3.63, 3.8) is 0 Å². The Kier molecular flexibility index (Phi) is 3.00. The van der Waals surface area contributed by atoms with Gasteiger partial charge < -0.3 is 4.90 Å². The van der Waals surface area contributed by atoms with Gasteiger partial charge in [0.25, 0.3) is 0 Å². The molecule has 0 spiro atoms. The van der Waals surface area contributed by atoms with Gasteiger partial charge in [0, 0.05) is 24.3 Å². The summed E-state index contributed by atoms with van der Waals surface area (Å²) in [6, 6.07) is 0. The first-order valence-corrected chi connectivity index (χ1v) is 7.90. The van der Waals surface area contributed by atoms with E-state index in [9.17, 15) is 4.79 Å². The summed E-state index contributed by atoms with van der Waals surface area (Å²) in [4.78, 5) is 14.8. The molecule has 0 N–H and O–H groups in total. The molecule has 0 radical (unpaired) electrons. The molecule has 2 bridgehead atoms. The smallest absolute Gasteiger partial charge is 0.226 e. The van der Waals surface area contributed by atoms with Crippen LogP contribution in [0.2, 0.25) is 0 Å². The number of halogens is 1. The van der Waals surface area contributed by atoms with Gasteiger partial charge in [0.2, 0.25) is 5.91 Å². The van der Waals surface area contributed by atoms with E-state index in [0.29, 0.717) is 16.7 Å². The molecule has 0 saturated heterocycles. The van der Waals surface area contributed by atoms with Crippen LogP contribution in [-0.4, -0.2) is 29.2 Å². The fraction of sp³-hybridized carbons (Fsp3) is 0.929. The molecule has 96 valence electrons. The fourth-order valence-corrected chi connectivity index (χ4v) is 4.60. The van der Waals surface area contributed by atoms with Gasteiger partial charge in [0.1, 0.15) is 0 Å². The summed E-state index contributed by atoms with van der Waals surface area (Å²) in [5.41, 5.74) is 0. The molecule has 3 saturated carbocycles. The number of alkyl halides is 1. The van der Waals surface area contributed by atoms with Crippen LogP contribution in [0.5, 0.6) is 0 Å². The molecule has 0 aliphatic heterocycles. The highest BCUT2D eigenvalue weighted by molar-refractivity contribution is 9.09. The van der Waals surface area contributed by atoms with E-state index >= 15 is 0 Å². The zero-order valence-electron chi connectivity index (χ0n) is 10.7. The Labute approximate surface area is 112 Å². The average Bonchev–Trinajstić information content (AvgIpc) is 2.73. The summed E-state index contributed by atoms with van der Waals surface area (Å²) in [5.74, 6) is 4.22. The zero-order valence-corrected chi connectivity index (χ0v) is 12.3. The Bertz CT molecular complexity index is 314. The van der Waals surface area contributed by atoms with E-state index in [0.717, 1.165) is 36.6 Å². The second kappa shape index (κ2) is 4.25. The molecule has 0 heterocycles. The van der Waals surface area contributed by atoms with Crippen molar-refractivity contribution in [1.82, 2.24) is 4.90 Å². The van der Waals surface area contributed by atoms with Crippen LogP contribution in [0.3, 0.4) is 0 Å². The fourth-order valence-electron chi connectivity index (χ4n) is 4.39. The number of carbonyl (C=O) groups is 1. The first kappa shape index (κ1) is 12.0. The van der Waals surface area contributed by atoms with Gasteiger partial charge in [-0.3, -0.25) is 4.79 Å². The van der Waals surface area contributed by atoms with Crippen molar-refractivity contribution in [1.29, 1.82) is 0 Å². The van der Waals surface area contributed by atoms with E-state index < -0.39 is 0 Å². The molecule has 0 aromatic carbocycles. The molecular formula is C14H22BrNO. The predicted molar refractivity (Wildman–Crippen MR) is 71.9 cm³/mol. The highest BCUT2D eigenvalue weighted by Gasteiger charge is 2.67. The third-order valence-electron chi connectivity index (χ3n) is 5.26. The largest absolute Gasteiger partial charge is 0.345 e. The molecule has 17 heavy (non-hydrogen) atoms. The van der Waals surface area contributed by atoms with Crippen molar-refractivity contribution >= 4 is 21.8 Å². The monoisotopic (exact) mass is 299 g/mol. The number of rotatable bonds is 4. The minimum atomic E-state index is 0.414. The first-order chi connectivity index (χ1) is 8.09. The second-order valence-corrected chi connectivity index (χ2v) is 7.91. The minimum absolute atomic E-state index is 0.414. The molecule has 0 aromatic rings. The van der Waals surface area contributed by atoms with Crippen LogP contribution in [0, 0.1) is 29.6 Å². The summed E-state index contributed by atoms with van der Waals surface area (Å²) in [6.07, 6.45) is 5.29. The molecule has 3 fully saturated rings. The lowest BCUT2D eigenvalue weighted by Crippen LogP contribution is -2.31. The normalized spacial score (nSPS) is 43.4. The number of amides is 1. The van der Waals surface area contributed by atoms with Crippen LogP contribution in [0.1, 0.15) is 32.6 Å². The Hall–Kier alpha value is -0.0500. The van der Waals surface area contributed by atoms with E-state index in [-0.39, 0.29) is 0 Å². The van der Waals surface area contributed by atoms with Gasteiger partial charge in [-0.15, -0.1) is 0 Å². The molecule has 3 aliphatic carbocycles. The molecule has 3 heteroatoms. The van der Waals surface area contributed by atoms with E-state index in [1.165, 1.54) is 19.3 Å². The number of carbonyl (C=O) groups excluding carboxylic acids is 1. The van der Waals surface area contributed by atoms with Crippen molar-refractivity contribution in [3.05, 3.63) is 0 Å². The van der Waals surface area contributed by atoms with Crippen LogP contribution in [0.4, 0.5) is 0 Å². The van der Waals surface area contributed by atoms with Crippen LogP contribution in [-0.2, 0) is 4.79 Å². The highest BCUT2D eigenvalue weighted by Crippen LogP contribution is 2.69. The van der Waals surface area contributed by atoms with Crippen molar-refractivity contribution in [3.8, 4) is 0 Å². The quantitative estimate of drug-likeness (QED) is 0.731. The third-order valence-corrected chi connectivity index (χ3v) is 5.72. The maximum Gasteiger partial charge on any atom is 0.226 e. The van der Waals surface area contributed by atoms with Gasteiger partial charge in [-0.1, -0.05) is 22.9 Å². The van der Waals surface area contributed by atoms with E-state index in [4.69, 9.17) is 0 Å². The molecule has 2 nitrogen and oxygen atoms in total. The summed E-state index contributed by atoms with van der Waals surface area (Å²) in [5, 5.41) is 0. The lowest BCUT2D eigenvalue weighted by Gasteiger charge is -2.19. The van der Waals surface area contributed by atoms with Gasteiger partial charge in [0.15, 0.2) is 0 Å². The van der Waals surface area contributed by atoms with Crippen molar-refractivity contribution in [2.75, 3.05) is 13.6 Å². The van der Waals surface area contributed by atoms with Gasteiger partial charge >= 0.3 is 0 Å². The Balaban J connectivity index is 1.55. The number of hydrogen-bond donors (Lipinski definition) is 0. The van der Waals surface area contributed by atoms with Crippen molar-refractivity contribution in [2.45, 2.75) is 37.4 Å². The summed E-state index contributed by atoms with van der Waals surface area (Å²) in [7, 11) is 1.98. The summed E-state index contributed by atoms with van der Waals surface area (Å²) >= 11 is 3.54. The van der Waals surface area contributed by atoms with Gasteiger partial charge in [-0.25, -0.2) is 0 Å². The first-order valence-electron chi connectivity index (χ1n) is 6.98. The van der Waals surface area contributed by atoms with Crippen LogP contribution < -0.4 is 0 Å².